The molecule has 2 N–H and O–H groups in total. The highest BCUT2D eigenvalue weighted by molar-refractivity contribution is 7.98. The number of halogens is 2. The van der Waals surface area contributed by atoms with Gasteiger partial charge >= 0.3 is 0 Å². The van der Waals surface area contributed by atoms with Crippen LogP contribution in [0.2, 0.25) is 0 Å². The van der Waals surface area contributed by atoms with Crippen LogP contribution in [-0.2, 0) is 0 Å². The molecule has 0 saturated carbocycles. The molecule has 6 heteroatoms. The van der Waals surface area contributed by atoms with Crippen LogP contribution in [-0.4, -0.2) is 17.8 Å². The van der Waals surface area contributed by atoms with Crippen LogP contribution in [0.3, 0.4) is 0 Å². The second-order valence-corrected chi connectivity index (χ2v) is 4.92. The Morgan fingerprint density at radius 3 is 2.60 bits per heavy atom. The highest BCUT2D eigenvalue weighted by atomic mass is 32.2. The normalized spacial score (nSPS) is 10.4. The Morgan fingerprint density at radius 2 is 1.90 bits per heavy atom. The van der Waals surface area contributed by atoms with Crippen LogP contribution in [0, 0.1) is 11.6 Å². The molecule has 2 rings (SSSR count). The minimum atomic E-state index is -0.723. The standard InChI is InChI=1S/C14H15F2N3S/c1-3-17-13-11(15)8-12(16)14(19-13)18-9-5-4-6-10(7-9)20-2/h4-8H,3H2,1-2H3,(H2,17,18,19). The third-order valence-corrected chi connectivity index (χ3v) is 3.33. The molecule has 106 valence electrons. The topological polar surface area (TPSA) is 37.0 Å². The summed E-state index contributed by atoms with van der Waals surface area (Å²) in [6.45, 7) is 2.33. The van der Waals surface area contributed by atoms with Crippen LogP contribution in [0.25, 0.3) is 0 Å². The molecule has 0 fully saturated rings. The minimum Gasteiger partial charge on any atom is -0.368 e. The van der Waals surface area contributed by atoms with E-state index in [1.54, 1.807) is 17.8 Å². The molecule has 1 heterocycles. The van der Waals surface area contributed by atoms with E-state index in [1.807, 2.05) is 31.4 Å². The van der Waals surface area contributed by atoms with Crippen molar-refractivity contribution in [3.8, 4) is 0 Å². The summed E-state index contributed by atoms with van der Waals surface area (Å²) in [4.78, 5) is 4.98. The van der Waals surface area contributed by atoms with Gasteiger partial charge in [0.05, 0.1) is 0 Å². The van der Waals surface area contributed by atoms with Crippen LogP contribution in [0.5, 0.6) is 0 Å². The number of aromatic nitrogens is 1. The first-order chi connectivity index (χ1) is 9.63. The maximum Gasteiger partial charge on any atom is 0.169 e. The molecule has 0 aliphatic rings. The second-order valence-electron chi connectivity index (χ2n) is 4.04. The van der Waals surface area contributed by atoms with E-state index >= 15 is 0 Å². The lowest BCUT2D eigenvalue weighted by Crippen LogP contribution is -2.06. The van der Waals surface area contributed by atoms with Crippen molar-refractivity contribution in [3.05, 3.63) is 42.0 Å². The zero-order chi connectivity index (χ0) is 14.5. The van der Waals surface area contributed by atoms with Gasteiger partial charge < -0.3 is 10.6 Å². The Labute approximate surface area is 120 Å². The number of pyridine rings is 1. The van der Waals surface area contributed by atoms with Gasteiger partial charge in [0.1, 0.15) is 0 Å². The van der Waals surface area contributed by atoms with E-state index in [0.717, 1.165) is 11.0 Å². The fourth-order valence-corrected chi connectivity index (χ4v) is 2.14. The first-order valence-electron chi connectivity index (χ1n) is 6.15. The predicted octanol–water partition coefficient (Wildman–Crippen LogP) is 4.26. The van der Waals surface area contributed by atoms with E-state index in [2.05, 4.69) is 15.6 Å². The SMILES string of the molecule is CCNc1nc(Nc2cccc(SC)c2)c(F)cc1F. The number of hydrogen-bond acceptors (Lipinski definition) is 4. The lowest BCUT2D eigenvalue weighted by atomic mass is 10.3. The Balaban J connectivity index is 2.30. The van der Waals surface area contributed by atoms with Crippen molar-refractivity contribution in [3.63, 3.8) is 0 Å². The Morgan fingerprint density at radius 1 is 1.15 bits per heavy atom. The molecule has 1 aromatic heterocycles. The predicted molar refractivity (Wildman–Crippen MR) is 79.8 cm³/mol. The average Bonchev–Trinajstić information content (AvgIpc) is 2.44. The fourth-order valence-electron chi connectivity index (χ4n) is 1.68. The quantitative estimate of drug-likeness (QED) is 0.808. The van der Waals surface area contributed by atoms with Gasteiger partial charge in [-0.3, -0.25) is 0 Å². The fraction of sp³-hybridized carbons (Fsp3) is 0.214. The minimum absolute atomic E-state index is 0.000558. The molecule has 0 radical (unpaired) electrons. The van der Waals surface area contributed by atoms with Gasteiger partial charge in [0.25, 0.3) is 0 Å². The van der Waals surface area contributed by atoms with Crippen LogP contribution in [0.4, 0.5) is 26.1 Å². The summed E-state index contributed by atoms with van der Waals surface area (Å²) in [6, 6.07) is 8.32. The summed E-state index contributed by atoms with van der Waals surface area (Å²) in [7, 11) is 0. The number of hydrogen-bond donors (Lipinski definition) is 2. The maximum atomic E-state index is 13.7. The van der Waals surface area contributed by atoms with Crippen molar-refractivity contribution in [2.24, 2.45) is 0 Å². The van der Waals surface area contributed by atoms with Gasteiger partial charge in [0.15, 0.2) is 23.3 Å². The van der Waals surface area contributed by atoms with Crippen LogP contribution < -0.4 is 10.6 Å². The Kier molecular flexibility index (Phi) is 4.79. The molecule has 0 saturated heterocycles. The molecular weight excluding hydrogens is 280 g/mol. The van der Waals surface area contributed by atoms with Gasteiger partial charge in [0.2, 0.25) is 0 Å². The summed E-state index contributed by atoms with van der Waals surface area (Å²) < 4.78 is 27.2. The third-order valence-electron chi connectivity index (χ3n) is 2.61. The highest BCUT2D eigenvalue weighted by Crippen LogP contribution is 2.25. The molecule has 2 aromatic rings. The smallest absolute Gasteiger partial charge is 0.169 e. The monoisotopic (exact) mass is 295 g/mol. The summed E-state index contributed by atoms with van der Waals surface area (Å²) in [6.07, 6.45) is 1.96. The van der Waals surface area contributed by atoms with Crippen LogP contribution >= 0.6 is 11.8 Å². The van der Waals surface area contributed by atoms with Crippen molar-refractivity contribution < 1.29 is 8.78 Å². The molecule has 0 aliphatic heterocycles. The molecule has 0 unspecified atom stereocenters. The molecule has 0 spiro atoms. The number of anilines is 3. The molecule has 0 bridgehead atoms. The zero-order valence-electron chi connectivity index (χ0n) is 11.2. The van der Waals surface area contributed by atoms with Crippen LogP contribution in [0.1, 0.15) is 6.92 Å². The average molecular weight is 295 g/mol. The van der Waals surface area contributed by atoms with Gasteiger partial charge in [-0.1, -0.05) is 6.07 Å². The largest absolute Gasteiger partial charge is 0.368 e. The van der Waals surface area contributed by atoms with E-state index in [-0.39, 0.29) is 11.6 Å². The van der Waals surface area contributed by atoms with Gasteiger partial charge in [-0.2, -0.15) is 0 Å². The number of nitrogens with one attached hydrogen (secondary N) is 2. The lowest BCUT2D eigenvalue weighted by molar-refractivity contribution is 0.579. The van der Waals surface area contributed by atoms with Crippen molar-refractivity contribution in [1.82, 2.24) is 4.98 Å². The summed E-state index contributed by atoms with van der Waals surface area (Å²) in [5.41, 5.74) is 0.706. The molecule has 20 heavy (non-hydrogen) atoms. The number of nitrogens with zero attached hydrogens (tertiary/aromatic N) is 1. The molecule has 0 amide bonds. The summed E-state index contributed by atoms with van der Waals surface area (Å²) in [5.74, 6) is -1.38. The number of rotatable bonds is 5. The van der Waals surface area contributed by atoms with Gasteiger partial charge in [-0.25, -0.2) is 13.8 Å². The first-order valence-corrected chi connectivity index (χ1v) is 7.37. The molecule has 0 aliphatic carbocycles. The van der Waals surface area contributed by atoms with Crippen LogP contribution in [0.15, 0.2) is 35.2 Å². The van der Waals surface area contributed by atoms with Crippen molar-refractivity contribution >= 4 is 29.1 Å². The van der Waals surface area contributed by atoms with Crippen molar-refractivity contribution in [2.75, 3.05) is 23.4 Å². The highest BCUT2D eigenvalue weighted by Gasteiger charge is 2.11. The van der Waals surface area contributed by atoms with Crippen molar-refractivity contribution in [1.29, 1.82) is 0 Å². The third kappa shape index (κ3) is 3.39. The summed E-state index contributed by atoms with van der Waals surface area (Å²) in [5, 5.41) is 5.62. The van der Waals surface area contributed by atoms with E-state index < -0.39 is 11.6 Å². The Hall–Kier alpha value is -1.82. The number of thioether (sulfide) groups is 1. The molecule has 3 nitrogen and oxygen atoms in total. The first kappa shape index (κ1) is 14.6. The van der Waals surface area contributed by atoms with E-state index in [9.17, 15) is 8.78 Å². The van der Waals surface area contributed by atoms with Crippen molar-refractivity contribution in [2.45, 2.75) is 11.8 Å². The lowest BCUT2D eigenvalue weighted by Gasteiger charge is -2.11. The van der Waals surface area contributed by atoms with E-state index in [1.165, 1.54) is 0 Å². The molecule has 1 aromatic carbocycles. The van der Waals surface area contributed by atoms with Gasteiger partial charge in [-0.15, -0.1) is 11.8 Å². The summed E-state index contributed by atoms with van der Waals surface area (Å²) >= 11 is 1.58. The molecule has 0 atom stereocenters. The van der Waals surface area contributed by atoms with Gasteiger partial charge in [0, 0.05) is 23.2 Å². The number of benzene rings is 1. The second kappa shape index (κ2) is 6.56. The van der Waals surface area contributed by atoms with E-state index in [4.69, 9.17) is 0 Å². The zero-order valence-corrected chi connectivity index (χ0v) is 12.0. The van der Waals surface area contributed by atoms with E-state index in [0.29, 0.717) is 12.2 Å². The Bertz CT molecular complexity index is 605. The maximum absolute atomic E-state index is 13.7. The molecular formula is C14H15F2N3S. The van der Waals surface area contributed by atoms with Gasteiger partial charge in [-0.05, 0) is 31.4 Å².